The van der Waals surface area contributed by atoms with Crippen LogP contribution in [-0.2, 0) is 9.47 Å². The number of aliphatic imine (C=N–C) groups is 1. The molecule has 2 rings (SSSR count). The van der Waals surface area contributed by atoms with Crippen molar-refractivity contribution in [2.45, 2.75) is 18.4 Å². The van der Waals surface area contributed by atoms with Crippen molar-refractivity contribution in [1.82, 2.24) is 10.2 Å². The van der Waals surface area contributed by atoms with Crippen LogP contribution in [0.1, 0.15) is 12.8 Å². The Morgan fingerprint density at radius 1 is 1.29 bits per heavy atom. The zero-order chi connectivity index (χ0) is 17.3. The molecule has 0 amide bonds. The first kappa shape index (κ1) is 18.5. The number of guanidine groups is 1. The van der Waals surface area contributed by atoms with Crippen LogP contribution in [0.4, 0.5) is 0 Å². The van der Waals surface area contributed by atoms with E-state index in [-0.39, 0.29) is 5.60 Å². The van der Waals surface area contributed by atoms with Crippen LogP contribution >= 0.6 is 0 Å². The standard InChI is InChI=1S/C18H29N3O3/c1-19-17(20-15-18(22-3)9-12-23-13-10-18)21(2)11-14-24-16-7-5-4-6-8-16/h4-8H,9-15H2,1-3H3,(H,19,20). The van der Waals surface area contributed by atoms with Crippen LogP contribution in [-0.4, -0.2) is 70.6 Å². The average Bonchev–Trinajstić information content (AvgIpc) is 2.64. The molecule has 6 heteroatoms. The molecule has 0 unspecified atom stereocenters. The zero-order valence-corrected chi connectivity index (χ0v) is 15.0. The Balaban J connectivity index is 1.77. The van der Waals surface area contributed by atoms with Crippen molar-refractivity contribution < 1.29 is 14.2 Å². The Hall–Kier alpha value is -1.79. The van der Waals surface area contributed by atoms with Crippen LogP contribution in [0.25, 0.3) is 0 Å². The minimum Gasteiger partial charge on any atom is -0.492 e. The summed E-state index contributed by atoms with van der Waals surface area (Å²) in [5.74, 6) is 1.73. The number of hydrogen-bond donors (Lipinski definition) is 1. The summed E-state index contributed by atoms with van der Waals surface area (Å²) >= 11 is 0. The van der Waals surface area contributed by atoms with Gasteiger partial charge >= 0.3 is 0 Å². The zero-order valence-electron chi connectivity index (χ0n) is 15.0. The smallest absolute Gasteiger partial charge is 0.193 e. The third kappa shape index (κ3) is 5.39. The molecule has 0 atom stereocenters. The summed E-state index contributed by atoms with van der Waals surface area (Å²) in [6.45, 7) is 3.56. The molecule has 134 valence electrons. The molecular formula is C18H29N3O3. The van der Waals surface area contributed by atoms with Gasteiger partial charge in [-0.2, -0.15) is 0 Å². The highest BCUT2D eigenvalue weighted by Crippen LogP contribution is 2.23. The van der Waals surface area contributed by atoms with E-state index in [2.05, 4.69) is 15.2 Å². The fourth-order valence-electron chi connectivity index (χ4n) is 2.74. The molecule has 1 aliphatic rings. The van der Waals surface area contributed by atoms with Crippen LogP contribution < -0.4 is 10.1 Å². The molecule has 24 heavy (non-hydrogen) atoms. The van der Waals surface area contributed by atoms with Gasteiger partial charge in [-0.15, -0.1) is 0 Å². The van der Waals surface area contributed by atoms with Gasteiger partial charge in [0.25, 0.3) is 0 Å². The maximum Gasteiger partial charge on any atom is 0.193 e. The minimum absolute atomic E-state index is 0.171. The second-order valence-electron chi connectivity index (χ2n) is 5.98. The SMILES string of the molecule is CN=C(NCC1(OC)CCOCC1)N(C)CCOc1ccccc1. The van der Waals surface area contributed by atoms with Crippen molar-refractivity contribution in [3.05, 3.63) is 30.3 Å². The largest absolute Gasteiger partial charge is 0.492 e. The van der Waals surface area contributed by atoms with Crippen molar-refractivity contribution in [2.75, 3.05) is 54.1 Å². The summed E-state index contributed by atoms with van der Waals surface area (Å²) in [4.78, 5) is 6.41. The van der Waals surface area contributed by atoms with Gasteiger partial charge in [0.05, 0.1) is 12.1 Å². The Morgan fingerprint density at radius 2 is 2.00 bits per heavy atom. The van der Waals surface area contributed by atoms with Crippen molar-refractivity contribution in [3.8, 4) is 5.75 Å². The Bertz CT molecular complexity index is 501. The molecule has 1 aliphatic heterocycles. The second kappa shape index (κ2) is 9.49. The van der Waals surface area contributed by atoms with Gasteiger partial charge in [0.2, 0.25) is 0 Å². The first-order valence-electron chi connectivity index (χ1n) is 8.42. The molecule has 0 bridgehead atoms. The highest BCUT2D eigenvalue weighted by Gasteiger charge is 2.32. The van der Waals surface area contributed by atoms with Gasteiger partial charge in [-0.3, -0.25) is 4.99 Å². The number of nitrogens with zero attached hydrogens (tertiary/aromatic N) is 2. The van der Waals surface area contributed by atoms with Gasteiger partial charge in [0, 0.05) is 53.8 Å². The molecule has 1 aromatic carbocycles. The van der Waals surface area contributed by atoms with Crippen LogP contribution in [0, 0.1) is 0 Å². The molecule has 1 N–H and O–H groups in total. The van der Waals surface area contributed by atoms with E-state index in [1.807, 2.05) is 37.4 Å². The topological polar surface area (TPSA) is 55.3 Å². The lowest BCUT2D eigenvalue weighted by molar-refractivity contribution is -0.0857. The molecule has 0 aliphatic carbocycles. The number of likely N-dealkylation sites (N-methyl/N-ethyl adjacent to an activating group) is 1. The second-order valence-corrected chi connectivity index (χ2v) is 5.98. The van der Waals surface area contributed by atoms with E-state index in [0.717, 1.165) is 50.9 Å². The third-order valence-electron chi connectivity index (χ3n) is 4.42. The van der Waals surface area contributed by atoms with E-state index in [1.54, 1.807) is 14.2 Å². The van der Waals surface area contributed by atoms with Crippen LogP contribution in [0.3, 0.4) is 0 Å². The lowest BCUT2D eigenvalue weighted by atomic mass is 9.94. The molecule has 1 heterocycles. The highest BCUT2D eigenvalue weighted by atomic mass is 16.5. The number of methoxy groups -OCH3 is 1. The predicted molar refractivity (Wildman–Crippen MR) is 95.7 cm³/mol. The maximum atomic E-state index is 5.75. The monoisotopic (exact) mass is 335 g/mol. The molecule has 1 saturated heterocycles. The average molecular weight is 335 g/mol. The number of nitrogens with one attached hydrogen (secondary N) is 1. The number of para-hydroxylation sites is 1. The van der Waals surface area contributed by atoms with Gasteiger partial charge in [0.1, 0.15) is 12.4 Å². The van der Waals surface area contributed by atoms with Crippen LogP contribution in [0.2, 0.25) is 0 Å². The van der Waals surface area contributed by atoms with Crippen LogP contribution in [0.5, 0.6) is 5.75 Å². The quantitative estimate of drug-likeness (QED) is 0.608. The van der Waals surface area contributed by atoms with E-state index >= 15 is 0 Å². The summed E-state index contributed by atoms with van der Waals surface area (Å²) in [5, 5.41) is 3.42. The molecule has 0 saturated carbocycles. The number of rotatable bonds is 7. The van der Waals surface area contributed by atoms with E-state index in [1.165, 1.54) is 0 Å². The summed E-state index contributed by atoms with van der Waals surface area (Å²) in [6, 6.07) is 9.84. The van der Waals surface area contributed by atoms with Crippen molar-refractivity contribution >= 4 is 5.96 Å². The van der Waals surface area contributed by atoms with Gasteiger partial charge < -0.3 is 24.4 Å². The number of benzene rings is 1. The molecule has 1 aromatic rings. The third-order valence-corrected chi connectivity index (χ3v) is 4.42. The number of ether oxygens (including phenoxy) is 3. The van der Waals surface area contributed by atoms with Gasteiger partial charge in [-0.1, -0.05) is 18.2 Å². The van der Waals surface area contributed by atoms with Crippen molar-refractivity contribution in [1.29, 1.82) is 0 Å². The Morgan fingerprint density at radius 3 is 2.62 bits per heavy atom. The molecule has 1 fully saturated rings. The normalized spacial score (nSPS) is 17.4. The lowest BCUT2D eigenvalue weighted by Gasteiger charge is -2.37. The number of hydrogen-bond acceptors (Lipinski definition) is 4. The molecule has 0 radical (unpaired) electrons. The molecular weight excluding hydrogens is 306 g/mol. The van der Waals surface area contributed by atoms with Crippen molar-refractivity contribution in [3.63, 3.8) is 0 Å². The minimum atomic E-state index is -0.171. The van der Waals surface area contributed by atoms with Gasteiger partial charge in [-0.05, 0) is 12.1 Å². The van der Waals surface area contributed by atoms with Gasteiger partial charge in [-0.25, -0.2) is 0 Å². The predicted octanol–water partition coefficient (Wildman–Crippen LogP) is 1.77. The van der Waals surface area contributed by atoms with Gasteiger partial charge in [0.15, 0.2) is 5.96 Å². The molecule has 0 spiro atoms. The van der Waals surface area contributed by atoms with E-state index in [4.69, 9.17) is 14.2 Å². The maximum absolute atomic E-state index is 5.75. The fraction of sp³-hybridized carbons (Fsp3) is 0.611. The lowest BCUT2D eigenvalue weighted by Crippen LogP contribution is -2.51. The van der Waals surface area contributed by atoms with Crippen molar-refractivity contribution in [2.24, 2.45) is 4.99 Å². The summed E-state index contributed by atoms with van der Waals surface area (Å²) in [5.41, 5.74) is -0.171. The van der Waals surface area contributed by atoms with E-state index in [0.29, 0.717) is 6.61 Å². The Labute approximate surface area is 144 Å². The van der Waals surface area contributed by atoms with Crippen LogP contribution in [0.15, 0.2) is 35.3 Å². The fourth-order valence-corrected chi connectivity index (χ4v) is 2.74. The molecule has 6 nitrogen and oxygen atoms in total. The Kier molecular flexibility index (Phi) is 7.34. The summed E-state index contributed by atoms with van der Waals surface area (Å²) in [7, 11) is 5.57. The first-order valence-corrected chi connectivity index (χ1v) is 8.42. The summed E-state index contributed by atoms with van der Waals surface area (Å²) < 4.78 is 16.9. The van der Waals surface area contributed by atoms with E-state index < -0.39 is 0 Å². The van der Waals surface area contributed by atoms with E-state index in [9.17, 15) is 0 Å². The first-order chi connectivity index (χ1) is 11.7. The highest BCUT2D eigenvalue weighted by molar-refractivity contribution is 5.79. The summed E-state index contributed by atoms with van der Waals surface area (Å²) in [6.07, 6.45) is 1.79. The molecule has 0 aromatic heterocycles.